The minimum atomic E-state index is -0.0196. The number of rotatable bonds is 1. The zero-order chi connectivity index (χ0) is 16.5. The summed E-state index contributed by atoms with van der Waals surface area (Å²) in [6.07, 6.45) is 19.0. The molecule has 3 nitrogen and oxygen atoms in total. The summed E-state index contributed by atoms with van der Waals surface area (Å²) >= 11 is 0. The molecule has 0 spiro atoms. The quantitative estimate of drug-likeness (QED) is 0.526. The van der Waals surface area contributed by atoms with Crippen molar-refractivity contribution in [3.05, 3.63) is 12.2 Å². The van der Waals surface area contributed by atoms with Gasteiger partial charge in [-0.1, -0.05) is 69.9 Å². The molecule has 0 aromatic heterocycles. The molecule has 1 heterocycles. The molecule has 4 rings (SSSR count). The van der Waals surface area contributed by atoms with Gasteiger partial charge in [-0.2, -0.15) is 0 Å². The predicted octanol–water partition coefficient (Wildman–Crippen LogP) is 4.47. The van der Waals surface area contributed by atoms with Crippen LogP contribution < -0.4 is 0 Å². The second-order valence-corrected chi connectivity index (χ2v) is 8.46. The molecule has 24 heavy (non-hydrogen) atoms. The minimum Gasteiger partial charge on any atom is -0.279 e. The Morgan fingerprint density at radius 2 is 1.08 bits per heavy atom. The van der Waals surface area contributed by atoms with Crippen LogP contribution in [0.3, 0.4) is 0 Å². The van der Waals surface area contributed by atoms with Crippen molar-refractivity contribution in [3.8, 4) is 0 Å². The Labute approximate surface area is 145 Å². The van der Waals surface area contributed by atoms with Crippen LogP contribution in [0.15, 0.2) is 12.2 Å². The fourth-order valence-corrected chi connectivity index (χ4v) is 5.69. The van der Waals surface area contributed by atoms with E-state index in [0.29, 0.717) is 11.8 Å². The lowest BCUT2D eigenvalue weighted by Crippen LogP contribution is -2.42. The van der Waals surface area contributed by atoms with Gasteiger partial charge in [0.05, 0.1) is 11.8 Å². The monoisotopic (exact) mass is 329 g/mol. The van der Waals surface area contributed by atoms with Gasteiger partial charge in [0.2, 0.25) is 11.8 Å². The Kier molecular flexibility index (Phi) is 4.78. The highest BCUT2D eigenvalue weighted by atomic mass is 16.2. The minimum absolute atomic E-state index is 0.0196. The van der Waals surface area contributed by atoms with Gasteiger partial charge in [-0.25, -0.2) is 0 Å². The first-order chi connectivity index (χ1) is 11.8. The third kappa shape index (κ3) is 2.84. The number of hydrogen-bond acceptors (Lipinski definition) is 2. The first kappa shape index (κ1) is 16.4. The summed E-state index contributed by atoms with van der Waals surface area (Å²) in [6, 6.07) is 0.175. The van der Waals surface area contributed by atoms with Crippen molar-refractivity contribution >= 4 is 11.8 Å². The molecule has 4 unspecified atom stereocenters. The lowest BCUT2D eigenvalue weighted by molar-refractivity contribution is -0.143. The third-order valence-corrected chi connectivity index (χ3v) is 6.94. The predicted molar refractivity (Wildman–Crippen MR) is 94.1 cm³/mol. The van der Waals surface area contributed by atoms with Gasteiger partial charge >= 0.3 is 0 Å². The van der Waals surface area contributed by atoms with E-state index in [2.05, 4.69) is 12.2 Å². The van der Waals surface area contributed by atoms with Crippen LogP contribution >= 0.6 is 0 Å². The van der Waals surface area contributed by atoms with Gasteiger partial charge in [0, 0.05) is 6.04 Å². The van der Waals surface area contributed by atoms with Crippen molar-refractivity contribution in [2.75, 3.05) is 0 Å². The van der Waals surface area contributed by atoms with Crippen LogP contribution in [0.4, 0.5) is 0 Å². The van der Waals surface area contributed by atoms with E-state index in [-0.39, 0.29) is 29.7 Å². The molecule has 2 amide bonds. The fourth-order valence-electron chi connectivity index (χ4n) is 5.69. The van der Waals surface area contributed by atoms with Crippen LogP contribution in [0.25, 0.3) is 0 Å². The Morgan fingerprint density at radius 3 is 1.54 bits per heavy atom. The standard InChI is InChI=1S/C21H31NO2/c23-20-18-15-12-13-16(14-15)19(18)21(24)22(20)17-10-8-6-4-2-1-3-5-7-9-11-17/h12-13,15-19H,1-11,14H2. The smallest absolute Gasteiger partial charge is 0.233 e. The van der Waals surface area contributed by atoms with E-state index < -0.39 is 0 Å². The van der Waals surface area contributed by atoms with Crippen LogP contribution in [0.5, 0.6) is 0 Å². The van der Waals surface area contributed by atoms with E-state index in [4.69, 9.17) is 0 Å². The van der Waals surface area contributed by atoms with Crippen LogP contribution in [0.1, 0.15) is 77.0 Å². The van der Waals surface area contributed by atoms with Crippen molar-refractivity contribution in [1.82, 2.24) is 4.90 Å². The molecule has 3 heteroatoms. The molecule has 0 aromatic rings. The summed E-state index contributed by atoms with van der Waals surface area (Å²) in [6.45, 7) is 0. The van der Waals surface area contributed by atoms with E-state index in [1.807, 2.05) is 0 Å². The summed E-state index contributed by atoms with van der Waals surface area (Å²) in [5.74, 6) is 0.973. The molecule has 132 valence electrons. The van der Waals surface area contributed by atoms with Crippen molar-refractivity contribution in [1.29, 1.82) is 0 Å². The zero-order valence-electron chi connectivity index (χ0n) is 14.8. The number of hydrogen-bond donors (Lipinski definition) is 0. The summed E-state index contributed by atoms with van der Waals surface area (Å²) < 4.78 is 0. The van der Waals surface area contributed by atoms with E-state index in [1.54, 1.807) is 4.90 Å². The molecule has 0 radical (unpaired) electrons. The molecule has 1 saturated heterocycles. The van der Waals surface area contributed by atoms with E-state index in [0.717, 1.165) is 19.3 Å². The van der Waals surface area contributed by atoms with Gasteiger partial charge in [-0.3, -0.25) is 14.5 Å². The number of nitrogens with zero attached hydrogens (tertiary/aromatic N) is 1. The maximum absolute atomic E-state index is 13.0. The molecule has 0 N–H and O–H groups in total. The number of carbonyl (C=O) groups is 2. The Morgan fingerprint density at radius 1 is 0.667 bits per heavy atom. The van der Waals surface area contributed by atoms with E-state index in [9.17, 15) is 9.59 Å². The Hall–Kier alpha value is -1.12. The molecule has 4 atom stereocenters. The first-order valence-electron chi connectivity index (χ1n) is 10.3. The van der Waals surface area contributed by atoms with Crippen LogP contribution in [0.2, 0.25) is 0 Å². The van der Waals surface area contributed by atoms with E-state index in [1.165, 1.54) is 57.8 Å². The number of imide groups is 1. The van der Waals surface area contributed by atoms with Gasteiger partial charge in [0.15, 0.2) is 0 Å². The van der Waals surface area contributed by atoms with Gasteiger partial charge in [0.1, 0.15) is 0 Å². The normalized spacial score (nSPS) is 38.2. The average Bonchev–Trinajstić information content (AvgIpc) is 3.23. The molecule has 1 aliphatic heterocycles. The second kappa shape index (κ2) is 7.01. The van der Waals surface area contributed by atoms with Crippen LogP contribution in [-0.2, 0) is 9.59 Å². The lowest BCUT2D eigenvalue weighted by atomic mass is 9.85. The summed E-state index contributed by atoms with van der Waals surface area (Å²) in [7, 11) is 0. The van der Waals surface area contributed by atoms with Crippen LogP contribution in [-0.4, -0.2) is 22.8 Å². The summed E-state index contributed by atoms with van der Waals surface area (Å²) in [5.41, 5.74) is 0. The number of fused-ring (bicyclic) bond motifs is 5. The highest BCUT2D eigenvalue weighted by Crippen LogP contribution is 2.53. The third-order valence-electron chi connectivity index (χ3n) is 6.94. The van der Waals surface area contributed by atoms with Gasteiger partial charge in [-0.05, 0) is 31.1 Å². The first-order valence-corrected chi connectivity index (χ1v) is 10.3. The summed E-state index contributed by atoms with van der Waals surface area (Å²) in [5, 5.41) is 0. The van der Waals surface area contributed by atoms with Crippen molar-refractivity contribution in [3.63, 3.8) is 0 Å². The average molecular weight is 329 g/mol. The maximum atomic E-state index is 13.0. The molecular formula is C21H31NO2. The van der Waals surface area contributed by atoms with Gasteiger partial charge in [0.25, 0.3) is 0 Å². The Balaban J connectivity index is 1.46. The molecule has 3 fully saturated rings. The molecule has 3 aliphatic carbocycles. The van der Waals surface area contributed by atoms with Crippen molar-refractivity contribution in [2.24, 2.45) is 23.7 Å². The Bertz CT molecular complexity index is 484. The number of carbonyl (C=O) groups excluding carboxylic acids is 2. The highest BCUT2D eigenvalue weighted by molar-refractivity contribution is 6.06. The zero-order valence-corrected chi connectivity index (χ0v) is 14.8. The van der Waals surface area contributed by atoms with Gasteiger partial charge < -0.3 is 0 Å². The summed E-state index contributed by atoms with van der Waals surface area (Å²) in [4.78, 5) is 27.8. The molecule has 4 aliphatic rings. The van der Waals surface area contributed by atoms with Crippen LogP contribution in [0, 0.1) is 23.7 Å². The number of amides is 2. The maximum Gasteiger partial charge on any atom is 0.233 e. The molecule has 2 bridgehead atoms. The van der Waals surface area contributed by atoms with E-state index >= 15 is 0 Å². The number of likely N-dealkylation sites (tertiary alicyclic amines) is 1. The second-order valence-electron chi connectivity index (χ2n) is 8.46. The lowest BCUT2D eigenvalue weighted by Gasteiger charge is -2.28. The topological polar surface area (TPSA) is 37.4 Å². The molecular weight excluding hydrogens is 298 g/mol. The largest absolute Gasteiger partial charge is 0.279 e. The fraction of sp³-hybridized carbons (Fsp3) is 0.810. The van der Waals surface area contributed by atoms with Gasteiger partial charge in [-0.15, -0.1) is 0 Å². The van der Waals surface area contributed by atoms with Crippen molar-refractivity contribution in [2.45, 2.75) is 83.1 Å². The highest BCUT2D eigenvalue weighted by Gasteiger charge is 2.60. The van der Waals surface area contributed by atoms with Crippen molar-refractivity contribution < 1.29 is 9.59 Å². The molecule has 0 aromatic carbocycles. The molecule has 2 saturated carbocycles. The SMILES string of the molecule is O=C1C2C3C=CC(C3)C2C(=O)N1C1CCCCCCCCCCC1. The number of allylic oxidation sites excluding steroid dienone is 2.